The van der Waals surface area contributed by atoms with Crippen molar-refractivity contribution in [3.05, 3.63) is 97.8 Å². The van der Waals surface area contributed by atoms with Crippen LogP contribution in [0.15, 0.2) is 75.4 Å². The normalized spacial score (nSPS) is 21.1. The van der Waals surface area contributed by atoms with E-state index in [1.165, 1.54) is 23.3 Å². The summed E-state index contributed by atoms with van der Waals surface area (Å²) in [7, 11) is 3.75. The van der Waals surface area contributed by atoms with Crippen LogP contribution >= 0.6 is 27.3 Å². The van der Waals surface area contributed by atoms with Crippen molar-refractivity contribution in [1.29, 1.82) is 0 Å². The Kier molecular flexibility index (Phi) is 14.5. The van der Waals surface area contributed by atoms with Crippen LogP contribution in [-0.4, -0.2) is 133 Å². The summed E-state index contributed by atoms with van der Waals surface area (Å²) in [5.41, 5.74) is 7.54. The Morgan fingerprint density at radius 3 is 2.36 bits per heavy atom. The number of thiazole rings is 1. The minimum absolute atomic E-state index is 0.00871. The number of piperidine rings is 1. The number of rotatable bonds is 15. The molecule has 2 saturated carbocycles. The molecule has 15 nitrogen and oxygen atoms in total. The number of aliphatic hydroxyl groups excluding tert-OH is 1. The van der Waals surface area contributed by atoms with Crippen molar-refractivity contribution in [3.8, 4) is 10.4 Å². The highest BCUT2D eigenvalue weighted by Gasteiger charge is 2.54. The van der Waals surface area contributed by atoms with Gasteiger partial charge in [-0.15, -0.1) is 11.3 Å². The highest BCUT2D eigenvalue weighted by atomic mass is 79.9. The fraction of sp³-hybridized carbons (Fsp3) is 0.536. The Morgan fingerprint density at radius 1 is 0.973 bits per heavy atom. The Hall–Kier alpha value is -5.04. The molecule has 0 spiro atoms. The molecule has 2 aliphatic carbocycles. The molecule has 2 aliphatic heterocycles. The number of hydrogen-bond acceptors (Lipinski definition) is 11. The molecular formula is C56H70BrN9O6S. The minimum atomic E-state index is -0.941. The molecule has 3 aromatic heterocycles. The van der Waals surface area contributed by atoms with Crippen LogP contribution in [0.2, 0.25) is 0 Å². The van der Waals surface area contributed by atoms with E-state index in [2.05, 4.69) is 70.5 Å². The molecule has 0 radical (unpaired) electrons. The van der Waals surface area contributed by atoms with Crippen molar-refractivity contribution in [3.63, 3.8) is 0 Å². The number of benzene rings is 3. The van der Waals surface area contributed by atoms with Crippen LogP contribution in [0.5, 0.6) is 0 Å². The number of β-amino-alcohol motifs (C(OH)–C–C–N with tert-alkyl or cyclic N) is 1. The number of carbonyl (C=O) groups is 3. The van der Waals surface area contributed by atoms with Crippen LogP contribution in [0.4, 0.5) is 0 Å². The first-order valence-electron chi connectivity index (χ1n) is 26.2. The van der Waals surface area contributed by atoms with Crippen LogP contribution in [0, 0.1) is 12.3 Å². The first-order valence-corrected chi connectivity index (χ1v) is 27.9. The fourth-order valence-electron chi connectivity index (χ4n) is 11.9. The molecule has 5 atom stereocenters. The number of nitrogens with one attached hydrogen (secondary N) is 2. The van der Waals surface area contributed by atoms with Gasteiger partial charge in [-0.05, 0) is 148 Å². The maximum Gasteiger partial charge on any atom is 0.283 e. The number of likely N-dealkylation sites (tertiary alicyclic amines) is 2. The van der Waals surface area contributed by atoms with Gasteiger partial charge in [-0.3, -0.25) is 28.5 Å². The Labute approximate surface area is 439 Å². The number of aromatic nitrogens is 4. The van der Waals surface area contributed by atoms with E-state index in [9.17, 15) is 24.3 Å². The van der Waals surface area contributed by atoms with Crippen molar-refractivity contribution >= 4 is 72.7 Å². The van der Waals surface area contributed by atoms with Crippen LogP contribution in [0.25, 0.3) is 38.2 Å². The molecule has 388 valence electrons. The van der Waals surface area contributed by atoms with Crippen LogP contribution < -0.4 is 16.2 Å². The summed E-state index contributed by atoms with van der Waals surface area (Å²) in [6.07, 6.45) is 6.93. The second-order valence-corrected chi connectivity index (χ2v) is 24.2. The van der Waals surface area contributed by atoms with Gasteiger partial charge in [0.25, 0.3) is 5.56 Å². The van der Waals surface area contributed by atoms with Gasteiger partial charge in [0.2, 0.25) is 23.5 Å². The number of ether oxygens (including phenoxy) is 1. The van der Waals surface area contributed by atoms with Crippen molar-refractivity contribution in [1.82, 2.24) is 44.3 Å². The second-order valence-electron chi connectivity index (χ2n) is 22.5. The number of fused-ring (bicyclic) bond motifs is 5. The van der Waals surface area contributed by atoms with Crippen LogP contribution in [0.3, 0.4) is 0 Å². The first-order chi connectivity index (χ1) is 34.9. The number of halogens is 1. The highest BCUT2D eigenvalue weighted by molar-refractivity contribution is 9.10. The average molecular weight is 1080 g/mol. The molecule has 3 amide bonds. The summed E-state index contributed by atoms with van der Waals surface area (Å²) in [6, 6.07) is 18.8. The van der Waals surface area contributed by atoms with Gasteiger partial charge in [0.15, 0.2) is 0 Å². The molecule has 4 aliphatic rings. The number of imidazole rings is 1. The van der Waals surface area contributed by atoms with E-state index in [4.69, 9.17) is 9.72 Å². The largest absolute Gasteiger partial charge is 0.391 e. The number of aryl methyl sites for hydroxylation is 1. The smallest absolute Gasteiger partial charge is 0.283 e. The predicted molar refractivity (Wildman–Crippen MR) is 290 cm³/mol. The topological polar surface area (TPSA) is 167 Å². The van der Waals surface area contributed by atoms with Gasteiger partial charge < -0.3 is 34.8 Å². The molecular weight excluding hydrogens is 1010 g/mol. The maximum atomic E-state index is 14.5. The zero-order chi connectivity index (χ0) is 51.5. The third kappa shape index (κ3) is 10.1. The number of hydrogen-bond donors (Lipinski definition) is 3. The van der Waals surface area contributed by atoms with Crippen molar-refractivity contribution in [2.24, 2.45) is 5.41 Å². The lowest BCUT2D eigenvalue weighted by atomic mass is 9.85. The van der Waals surface area contributed by atoms with E-state index in [1.54, 1.807) is 11.3 Å². The van der Waals surface area contributed by atoms with E-state index in [1.807, 2.05) is 94.7 Å². The fourth-order valence-corrected chi connectivity index (χ4v) is 13.2. The van der Waals surface area contributed by atoms with Crippen molar-refractivity contribution in [2.45, 2.75) is 140 Å². The zero-order valence-electron chi connectivity index (χ0n) is 43.2. The standard InChI is InChI=1S/C56H70BrN9O6S/c1-33(29-63-25-21-35(22-26-63)38-19-20-43-45(27-38)65(39-11-8-9-12-39)54-61-51(69)47-41(57)13-10-14-44(47)66(43)54)72-31-42(36-15-17-37(18-16-36)48-34(2)58-32-73-48)59-50(68)46-28-40(67)30-64(46)52(70)49(55(3,4)5)60-53(71)56(23-24-56)62(6)7/h10,13-20,27,32-33,35,39-40,42,46,49,67H,8-9,11-12,21-26,28-31H2,1-7H3,(H,59,68)(H,60,71)/t33-,40-,42+,46+,49-/m1/s1. The molecule has 6 aromatic rings. The lowest BCUT2D eigenvalue weighted by Crippen LogP contribution is -2.60. The number of nitrogens with zero attached hydrogens (tertiary/aromatic N) is 7. The molecule has 73 heavy (non-hydrogen) atoms. The molecule has 4 fully saturated rings. The molecule has 0 bridgehead atoms. The Balaban J connectivity index is 0.826. The summed E-state index contributed by atoms with van der Waals surface area (Å²) in [6.45, 7) is 12.5. The third-order valence-corrected chi connectivity index (χ3v) is 17.9. The van der Waals surface area contributed by atoms with Gasteiger partial charge in [0, 0.05) is 30.0 Å². The quantitative estimate of drug-likeness (QED) is 0.0914. The van der Waals surface area contributed by atoms with Gasteiger partial charge in [-0.2, -0.15) is 4.98 Å². The molecule has 3 aromatic carbocycles. The molecule has 0 unspecified atom stereocenters. The van der Waals surface area contributed by atoms with Gasteiger partial charge in [-0.25, -0.2) is 4.98 Å². The SMILES string of the molecule is Cc1ncsc1-c1ccc([C@H](CO[C@H](C)CN2CCC(c3ccc4c(c3)n(C3CCCC3)c3nc(=O)c5c(Br)cccc5n43)CC2)NC(=O)[C@@H]2C[C@@H](O)CN2C(=O)[C@@H](NC(=O)C2(N(C)C)CC2)C(C)(C)C)cc1. The molecule has 17 heteroatoms. The number of carbonyl (C=O) groups excluding carboxylic acids is 3. The van der Waals surface area contributed by atoms with Gasteiger partial charge >= 0.3 is 0 Å². The van der Waals surface area contributed by atoms with E-state index in [0.29, 0.717) is 30.2 Å². The third-order valence-electron chi connectivity index (χ3n) is 16.3. The lowest BCUT2D eigenvalue weighted by molar-refractivity contribution is -0.145. The van der Waals surface area contributed by atoms with E-state index < -0.39 is 35.2 Å². The molecule has 2 saturated heterocycles. The average Bonchev–Trinajstić information content (AvgIpc) is 3.66. The van der Waals surface area contributed by atoms with Crippen molar-refractivity contribution in [2.75, 3.05) is 46.9 Å². The number of amides is 3. The van der Waals surface area contributed by atoms with Crippen LogP contribution in [-0.2, 0) is 19.1 Å². The van der Waals surface area contributed by atoms with Gasteiger partial charge in [0.05, 0.1) is 68.4 Å². The van der Waals surface area contributed by atoms with Crippen molar-refractivity contribution < 1.29 is 24.2 Å². The van der Waals surface area contributed by atoms with E-state index >= 15 is 0 Å². The highest BCUT2D eigenvalue weighted by Crippen LogP contribution is 2.42. The molecule has 10 rings (SSSR count). The monoisotopic (exact) mass is 1080 g/mol. The summed E-state index contributed by atoms with van der Waals surface area (Å²) in [4.78, 5) is 72.2. The minimum Gasteiger partial charge on any atom is -0.391 e. The zero-order valence-corrected chi connectivity index (χ0v) is 45.6. The maximum absolute atomic E-state index is 14.5. The number of aliphatic hydroxyl groups is 1. The summed E-state index contributed by atoms with van der Waals surface area (Å²) in [5, 5.41) is 17.9. The van der Waals surface area contributed by atoms with Crippen LogP contribution in [0.1, 0.15) is 120 Å². The van der Waals surface area contributed by atoms with E-state index in [-0.39, 0.29) is 49.0 Å². The molecule has 3 N–H and O–H groups in total. The number of likely N-dealkylation sites (N-methyl/N-ethyl adjacent to an activating group) is 1. The Bertz CT molecular complexity index is 3090. The summed E-state index contributed by atoms with van der Waals surface area (Å²) in [5.74, 6) is 0.139. The Morgan fingerprint density at radius 2 is 1.70 bits per heavy atom. The lowest BCUT2D eigenvalue weighted by Gasteiger charge is -2.37. The predicted octanol–water partition coefficient (Wildman–Crippen LogP) is 8.14. The van der Waals surface area contributed by atoms with E-state index in [0.717, 1.165) is 93.8 Å². The summed E-state index contributed by atoms with van der Waals surface area (Å²) < 4.78 is 11.9. The van der Waals surface area contributed by atoms with Gasteiger partial charge in [0.1, 0.15) is 12.1 Å². The molecule has 5 heterocycles. The second kappa shape index (κ2) is 20.6. The first kappa shape index (κ1) is 51.4. The summed E-state index contributed by atoms with van der Waals surface area (Å²) >= 11 is 5.20. The van der Waals surface area contributed by atoms with Gasteiger partial charge in [-0.1, -0.05) is 70.0 Å².